The minimum Gasteiger partial charge on any atom is -0.480 e. The van der Waals surface area contributed by atoms with Gasteiger partial charge in [0, 0.05) is 25.0 Å². The molecule has 1 amide bonds. The molecule has 2 heterocycles. The van der Waals surface area contributed by atoms with Gasteiger partial charge in [0.2, 0.25) is 12.2 Å². The largest absolute Gasteiger partial charge is 0.480 e. The summed E-state index contributed by atoms with van der Waals surface area (Å²) >= 11 is 13.0. The number of nitrogens with one attached hydrogen (secondary N) is 3. The maximum Gasteiger partial charge on any atom is 0.328 e. The van der Waals surface area contributed by atoms with Crippen molar-refractivity contribution in [1.29, 1.82) is 5.26 Å². The van der Waals surface area contributed by atoms with Crippen LogP contribution in [0.15, 0.2) is 41.5 Å². The number of hydrogen-bond donors (Lipinski definition) is 4. The molecule has 0 saturated carbocycles. The fourth-order valence-electron chi connectivity index (χ4n) is 4.61. The van der Waals surface area contributed by atoms with Gasteiger partial charge in [0.15, 0.2) is 0 Å². The molecule has 39 heavy (non-hydrogen) atoms. The lowest BCUT2D eigenvalue weighted by Gasteiger charge is -2.22. The smallest absolute Gasteiger partial charge is 0.328 e. The summed E-state index contributed by atoms with van der Waals surface area (Å²) in [7, 11) is 0. The molecule has 1 aliphatic heterocycles. The van der Waals surface area contributed by atoms with Crippen LogP contribution in [-0.2, 0) is 11.2 Å². The second-order valence-electron chi connectivity index (χ2n) is 9.57. The molecule has 0 aliphatic carbocycles. The van der Waals surface area contributed by atoms with Crippen molar-refractivity contribution in [2.45, 2.75) is 44.6 Å². The Hall–Kier alpha value is -3.81. The topological polar surface area (TPSA) is 146 Å². The Morgan fingerprint density at radius 1 is 1.23 bits per heavy atom. The van der Waals surface area contributed by atoms with Crippen molar-refractivity contribution >= 4 is 51.9 Å². The third-order valence-electron chi connectivity index (χ3n) is 6.86. The van der Waals surface area contributed by atoms with Crippen LogP contribution in [0.4, 0.5) is 0 Å². The molecule has 10 nitrogen and oxygen atoms in total. The van der Waals surface area contributed by atoms with Crippen LogP contribution in [0.2, 0.25) is 10.0 Å². The highest BCUT2D eigenvalue weighted by atomic mass is 35.5. The summed E-state index contributed by atoms with van der Waals surface area (Å²) in [6.07, 6.45) is 7.08. The first-order chi connectivity index (χ1) is 18.8. The molecular weight excluding hydrogens is 541 g/mol. The van der Waals surface area contributed by atoms with Gasteiger partial charge in [0.25, 0.3) is 5.91 Å². The lowest BCUT2D eigenvalue weighted by Crippen LogP contribution is -2.51. The van der Waals surface area contributed by atoms with Crippen molar-refractivity contribution < 1.29 is 14.7 Å². The van der Waals surface area contributed by atoms with Crippen LogP contribution in [0.5, 0.6) is 0 Å². The first-order valence-electron chi connectivity index (χ1n) is 12.7. The van der Waals surface area contributed by atoms with Gasteiger partial charge in [-0.2, -0.15) is 10.4 Å². The number of aryl methyl sites for hydroxylation is 1. The van der Waals surface area contributed by atoms with Gasteiger partial charge in [0.1, 0.15) is 6.04 Å². The van der Waals surface area contributed by atoms with Crippen LogP contribution in [0, 0.1) is 11.5 Å². The normalized spacial score (nSPS) is 15.1. The monoisotopic (exact) mass is 569 g/mol. The Kier molecular flexibility index (Phi) is 9.28. The molecule has 1 saturated heterocycles. The summed E-state index contributed by atoms with van der Waals surface area (Å²) in [5, 5.41) is 32.4. The molecule has 1 unspecified atom stereocenters. The third-order valence-corrected chi connectivity index (χ3v) is 7.46. The van der Waals surface area contributed by atoms with Crippen molar-refractivity contribution in [2.24, 2.45) is 4.99 Å². The van der Waals surface area contributed by atoms with E-state index in [0.717, 1.165) is 42.1 Å². The predicted octanol–water partition coefficient (Wildman–Crippen LogP) is 4.31. The van der Waals surface area contributed by atoms with E-state index in [9.17, 15) is 14.7 Å². The Balaban J connectivity index is 1.40. The number of carboxylic acids is 1. The molecule has 0 spiro atoms. The molecular formula is C27H29Cl2N7O3. The summed E-state index contributed by atoms with van der Waals surface area (Å²) in [6.45, 7) is 3.32. The zero-order chi connectivity index (χ0) is 27.9. The first-order valence-corrected chi connectivity index (χ1v) is 13.4. The number of carbonyl (C=O) groups excluding carboxylic acids is 1. The second kappa shape index (κ2) is 12.8. The Morgan fingerprint density at radius 2 is 1.95 bits per heavy atom. The van der Waals surface area contributed by atoms with Gasteiger partial charge in [-0.3, -0.25) is 9.89 Å². The Labute approximate surface area is 236 Å². The second-order valence-corrected chi connectivity index (χ2v) is 10.4. The summed E-state index contributed by atoms with van der Waals surface area (Å²) in [6, 6.07) is 8.28. The number of benzene rings is 2. The number of fused-ring (bicyclic) bond motifs is 1. The van der Waals surface area contributed by atoms with Crippen molar-refractivity contribution in [3.05, 3.63) is 63.3 Å². The Morgan fingerprint density at radius 3 is 2.62 bits per heavy atom. The number of aliphatic imine (C=N–C) groups is 1. The lowest BCUT2D eigenvalue weighted by molar-refractivity contribution is -0.139. The summed E-state index contributed by atoms with van der Waals surface area (Å²) in [5.41, 5.74) is 3.05. The van der Waals surface area contributed by atoms with Gasteiger partial charge in [-0.15, -0.1) is 4.99 Å². The van der Waals surface area contributed by atoms with Crippen molar-refractivity contribution in [1.82, 2.24) is 25.7 Å². The minimum absolute atomic E-state index is 0.00990. The van der Waals surface area contributed by atoms with Crippen molar-refractivity contribution in [2.75, 3.05) is 19.6 Å². The predicted molar refractivity (Wildman–Crippen MR) is 150 cm³/mol. The summed E-state index contributed by atoms with van der Waals surface area (Å²) < 4.78 is 0. The van der Waals surface area contributed by atoms with E-state index in [2.05, 4.69) is 44.9 Å². The van der Waals surface area contributed by atoms with Crippen LogP contribution in [0.1, 0.15) is 53.6 Å². The van der Waals surface area contributed by atoms with Gasteiger partial charge in [0.05, 0.1) is 27.3 Å². The van der Waals surface area contributed by atoms with Crippen LogP contribution < -0.4 is 10.6 Å². The number of likely N-dealkylation sites (tertiary alicyclic amines) is 1. The molecule has 4 N–H and O–H groups in total. The zero-order valence-electron chi connectivity index (χ0n) is 21.4. The molecule has 12 heteroatoms. The number of carboxylic acid groups (broad SMARTS) is 1. The van der Waals surface area contributed by atoms with Crippen LogP contribution >= 0.6 is 23.2 Å². The number of hydrogen-bond acceptors (Lipinski definition) is 5. The van der Waals surface area contributed by atoms with E-state index in [-0.39, 0.29) is 34.0 Å². The molecule has 1 aliphatic rings. The molecule has 0 radical (unpaired) electrons. The number of nitriles is 1. The maximum absolute atomic E-state index is 13.0. The van der Waals surface area contributed by atoms with Gasteiger partial charge >= 0.3 is 5.97 Å². The minimum atomic E-state index is -1.30. The van der Waals surface area contributed by atoms with E-state index in [1.54, 1.807) is 24.5 Å². The number of nitrogens with zero attached hydrogens (tertiary/aromatic N) is 4. The van der Waals surface area contributed by atoms with Gasteiger partial charge in [-0.1, -0.05) is 42.3 Å². The molecule has 0 bridgehead atoms. The Bertz CT molecular complexity index is 1400. The van der Waals surface area contributed by atoms with E-state index in [0.29, 0.717) is 13.1 Å². The lowest BCUT2D eigenvalue weighted by atomic mass is 9.93. The highest BCUT2D eigenvalue weighted by Gasteiger charge is 2.26. The van der Waals surface area contributed by atoms with Crippen molar-refractivity contribution in [3.63, 3.8) is 0 Å². The SMILES string of the molecule is CC(CCc1ccc2cn[nH]c2c1)c1cc(Cl)c(C(=O)N[C@@H](CN/C(=N\C#N)N2CCCC2)C(=O)O)c(Cl)c1. The number of aromatic nitrogens is 2. The number of aliphatic carboxylic acids is 1. The molecule has 2 aromatic carbocycles. The van der Waals surface area contributed by atoms with E-state index >= 15 is 0 Å². The average molecular weight is 570 g/mol. The van der Waals surface area contributed by atoms with E-state index in [4.69, 9.17) is 28.5 Å². The molecule has 1 fully saturated rings. The molecule has 3 aromatic rings. The van der Waals surface area contributed by atoms with Crippen molar-refractivity contribution in [3.8, 4) is 6.19 Å². The van der Waals surface area contributed by atoms with Crippen LogP contribution in [-0.4, -0.2) is 63.7 Å². The average Bonchev–Trinajstić information content (AvgIpc) is 3.60. The first kappa shape index (κ1) is 28.2. The number of halogens is 2. The molecule has 1 aromatic heterocycles. The standard InChI is InChI=1S/C27H29Cl2N7O3/c1-16(4-5-17-6-7-18-13-33-35-22(18)10-17)19-11-20(28)24(21(29)12-19)25(37)34-23(26(38)39)14-31-27(32-15-30)36-8-2-3-9-36/h6-7,10-13,16,23H,2-5,8-9,14H2,1H3,(H,31,32)(H,33,35)(H,34,37)(H,38,39)/t16?,23-/m0/s1. The van der Waals surface area contributed by atoms with E-state index in [1.165, 1.54) is 5.56 Å². The summed E-state index contributed by atoms with van der Waals surface area (Å²) in [4.78, 5) is 30.5. The fraction of sp³-hybridized carbons (Fsp3) is 0.370. The number of amides is 1. The van der Waals surface area contributed by atoms with Gasteiger partial charge in [-0.05, 0) is 60.9 Å². The van der Waals surface area contributed by atoms with Crippen LogP contribution in [0.3, 0.4) is 0 Å². The third kappa shape index (κ3) is 6.99. The summed E-state index contributed by atoms with van der Waals surface area (Å²) in [5.74, 6) is -1.56. The molecule has 204 valence electrons. The molecule has 4 rings (SSSR count). The fourth-order valence-corrected chi connectivity index (χ4v) is 5.28. The quantitative estimate of drug-likeness (QED) is 0.170. The number of aromatic amines is 1. The highest BCUT2D eigenvalue weighted by molar-refractivity contribution is 6.39. The van der Waals surface area contributed by atoms with Gasteiger partial charge < -0.3 is 20.6 Å². The highest BCUT2D eigenvalue weighted by Crippen LogP contribution is 2.32. The maximum atomic E-state index is 13.0. The number of rotatable bonds is 9. The van der Waals surface area contributed by atoms with E-state index in [1.807, 2.05) is 11.0 Å². The zero-order valence-corrected chi connectivity index (χ0v) is 22.9. The number of guanidine groups is 1. The van der Waals surface area contributed by atoms with E-state index < -0.39 is 17.9 Å². The van der Waals surface area contributed by atoms with Gasteiger partial charge in [-0.25, -0.2) is 4.79 Å². The number of H-pyrrole nitrogens is 1. The number of carbonyl (C=O) groups is 2. The van der Waals surface area contributed by atoms with Crippen LogP contribution in [0.25, 0.3) is 10.9 Å². The molecule has 2 atom stereocenters.